The molecule has 6 nitrogen and oxygen atoms in total. The van der Waals surface area contributed by atoms with Crippen LogP contribution in [0.4, 0.5) is 0 Å². The van der Waals surface area contributed by atoms with Gasteiger partial charge in [-0.05, 0) is 12.8 Å². The Hall–Kier alpha value is -1.43. The summed E-state index contributed by atoms with van der Waals surface area (Å²) in [7, 11) is 0. The van der Waals surface area contributed by atoms with Gasteiger partial charge in [0.15, 0.2) is 5.82 Å². The largest absolute Gasteiger partial charge is 0.294 e. The first-order valence-electron chi connectivity index (χ1n) is 5.21. The Balaban J connectivity index is 2.11. The van der Waals surface area contributed by atoms with Crippen molar-refractivity contribution in [1.82, 2.24) is 20.2 Å². The number of carbonyl (C=O) groups excluding carboxylic acids is 1. The molecule has 2 heterocycles. The second kappa shape index (κ2) is 4.39. The van der Waals surface area contributed by atoms with Crippen LogP contribution in [0.2, 0.25) is 0 Å². The highest BCUT2D eigenvalue weighted by atomic mass is 16.2. The summed E-state index contributed by atoms with van der Waals surface area (Å²) in [6.07, 6.45) is 4.64. The molecule has 0 radical (unpaired) electrons. The molecule has 0 fully saturated rings. The number of nitrogens with two attached hydrogens (primary N) is 1. The normalized spacial score (nSPS) is 15.5. The van der Waals surface area contributed by atoms with Gasteiger partial charge in [-0.25, -0.2) is 15.5 Å². The molecule has 0 saturated carbocycles. The Labute approximate surface area is 87.8 Å². The van der Waals surface area contributed by atoms with Crippen LogP contribution in [0.25, 0.3) is 0 Å². The summed E-state index contributed by atoms with van der Waals surface area (Å²) in [6.45, 7) is 0.909. The predicted molar refractivity (Wildman–Crippen MR) is 53.6 cm³/mol. The summed E-state index contributed by atoms with van der Waals surface area (Å²) in [5.74, 6) is 6.31. The van der Waals surface area contributed by atoms with Crippen molar-refractivity contribution >= 4 is 5.91 Å². The molecule has 1 aromatic heterocycles. The topological polar surface area (TPSA) is 85.8 Å². The summed E-state index contributed by atoms with van der Waals surface area (Å²) >= 11 is 0. The monoisotopic (exact) mass is 209 g/mol. The lowest BCUT2D eigenvalue weighted by molar-refractivity contribution is -0.120. The summed E-state index contributed by atoms with van der Waals surface area (Å²) in [5, 5.41) is 4.29. The molecule has 0 spiro atoms. The second-order valence-electron chi connectivity index (χ2n) is 3.72. The number of carbonyl (C=O) groups is 1. The average Bonchev–Trinajstić information content (AvgIpc) is 2.48. The van der Waals surface area contributed by atoms with E-state index in [9.17, 15) is 4.79 Å². The second-order valence-corrected chi connectivity index (χ2v) is 3.72. The number of hydrogen-bond donors (Lipinski definition) is 2. The first kappa shape index (κ1) is 10.1. The zero-order valence-corrected chi connectivity index (χ0v) is 8.57. The smallest absolute Gasteiger partial charge is 0.241 e. The SMILES string of the molecule is NNC(=O)Cc1nc2n(n1)CCCCC2. The van der Waals surface area contributed by atoms with Gasteiger partial charge in [-0.3, -0.25) is 10.2 Å². The molecule has 0 unspecified atom stereocenters. The number of aromatic nitrogens is 3. The third-order valence-electron chi connectivity index (χ3n) is 2.54. The molecule has 1 aliphatic heterocycles. The first-order chi connectivity index (χ1) is 7.29. The Morgan fingerprint density at radius 2 is 2.33 bits per heavy atom. The number of hydrogen-bond acceptors (Lipinski definition) is 4. The zero-order valence-electron chi connectivity index (χ0n) is 8.57. The molecule has 0 aliphatic carbocycles. The molecular formula is C9H15N5O. The third kappa shape index (κ3) is 2.33. The van der Waals surface area contributed by atoms with E-state index < -0.39 is 0 Å². The maximum Gasteiger partial charge on any atom is 0.241 e. The van der Waals surface area contributed by atoms with Crippen LogP contribution >= 0.6 is 0 Å². The van der Waals surface area contributed by atoms with Crippen LogP contribution in [-0.2, 0) is 24.2 Å². The van der Waals surface area contributed by atoms with Crippen LogP contribution in [0.15, 0.2) is 0 Å². The van der Waals surface area contributed by atoms with Crippen molar-refractivity contribution in [1.29, 1.82) is 0 Å². The predicted octanol–water partition coefficient (Wildman–Crippen LogP) is -0.463. The molecule has 0 aromatic carbocycles. The fourth-order valence-corrected chi connectivity index (χ4v) is 1.78. The maximum atomic E-state index is 11.0. The van der Waals surface area contributed by atoms with Gasteiger partial charge in [-0.1, -0.05) is 6.42 Å². The molecule has 82 valence electrons. The van der Waals surface area contributed by atoms with Gasteiger partial charge in [0.25, 0.3) is 0 Å². The van der Waals surface area contributed by atoms with E-state index in [1.165, 1.54) is 6.42 Å². The van der Waals surface area contributed by atoms with E-state index in [2.05, 4.69) is 15.5 Å². The number of fused-ring (bicyclic) bond motifs is 1. The molecule has 1 aliphatic rings. The minimum atomic E-state index is -0.254. The number of amides is 1. The van der Waals surface area contributed by atoms with E-state index in [0.717, 1.165) is 31.6 Å². The van der Waals surface area contributed by atoms with E-state index in [-0.39, 0.29) is 12.3 Å². The molecule has 3 N–H and O–H groups in total. The molecule has 1 aromatic rings. The van der Waals surface area contributed by atoms with E-state index >= 15 is 0 Å². The number of nitrogens with zero attached hydrogens (tertiary/aromatic N) is 3. The Bertz CT molecular complexity index is 336. The number of nitrogens with one attached hydrogen (secondary N) is 1. The summed E-state index contributed by atoms with van der Waals surface area (Å²) in [6, 6.07) is 0. The van der Waals surface area contributed by atoms with Crippen LogP contribution < -0.4 is 11.3 Å². The van der Waals surface area contributed by atoms with Crippen molar-refractivity contribution < 1.29 is 4.79 Å². The minimum Gasteiger partial charge on any atom is -0.294 e. The van der Waals surface area contributed by atoms with Crippen molar-refractivity contribution in [3.63, 3.8) is 0 Å². The fraction of sp³-hybridized carbons (Fsp3) is 0.667. The van der Waals surface area contributed by atoms with Crippen molar-refractivity contribution in [2.45, 2.75) is 38.6 Å². The van der Waals surface area contributed by atoms with Crippen molar-refractivity contribution in [3.8, 4) is 0 Å². The number of rotatable bonds is 2. The molecule has 1 amide bonds. The number of hydrazine groups is 1. The molecule has 0 atom stereocenters. The van der Waals surface area contributed by atoms with E-state index in [1.54, 1.807) is 0 Å². The standard InChI is InChI=1S/C9H15N5O/c10-12-9(15)6-7-11-8-4-2-1-3-5-14(8)13-7/h1-6,10H2,(H,12,15). The lowest BCUT2D eigenvalue weighted by Gasteiger charge is -1.97. The summed E-state index contributed by atoms with van der Waals surface area (Å²) < 4.78 is 1.91. The van der Waals surface area contributed by atoms with Crippen LogP contribution in [-0.4, -0.2) is 20.7 Å². The molecule has 0 bridgehead atoms. The quantitative estimate of drug-likeness (QED) is 0.392. The van der Waals surface area contributed by atoms with Crippen LogP contribution in [0.1, 0.15) is 30.9 Å². The summed E-state index contributed by atoms with van der Waals surface area (Å²) in [4.78, 5) is 15.4. The first-order valence-corrected chi connectivity index (χ1v) is 5.21. The van der Waals surface area contributed by atoms with Gasteiger partial charge < -0.3 is 0 Å². The maximum absolute atomic E-state index is 11.0. The van der Waals surface area contributed by atoms with Crippen LogP contribution in [0.3, 0.4) is 0 Å². The fourth-order valence-electron chi connectivity index (χ4n) is 1.78. The van der Waals surface area contributed by atoms with Crippen LogP contribution in [0.5, 0.6) is 0 Å². The molecular weight excluding hydrogens is 194 g/mol. The van der Waals surface area contributed by atoms with Crippen LogP contribution in [0, 0.1) is 0 Å². The van der Waals surface area contributed by atoms with Crippen molar-refractivity contribution in [2.24, 2.45) is 5.84 Å². The van der Waals surface area contributed by atoms with Gasteiger partial charge >= 0.3 is 0 Å². The Morgan fingerprint density at radius 1 is 1.47 bits per heavy atom. The Morgan fingerprint density at radius 3 is 3.13 bits per heavy atom. The van der Waals surface area contributed by atoms with Gasteiger partial charge in [0.05, 0.1) is 6.42 Å². The Kier molecular flexibility index (Phi) is 2.96. The van der Waals surface area contributed by atoms with E-state index in [4.69, 9.17) is 5.84 Å². The van der Waals surface area contributed by atoms with Crippen molar-refractivity contribution in [2.75, 3.05) is 0 Å². The van der Waals surface area contributed by atoms with Gasteiger partial charge in [-0.2, -0.15) is 5.10 Å². The van der Waals surface area contributed by atoms with E-state index in [0.29, 0.717) is 5.82 Å². The lowest BCUT2D eigenvalue weighted by Crippen LogP contribution is -2.31. The summed E-state index contributed by atoms with van der Waals surface area (Å²) in [5.41, 5.74) is 2.08. The molecule has 6 heteroatoms. The zero-order chi connectivity index (χ0) is 10.7. The lowest BCUT2D eigenvalue weighted by atomic mass is 10.2. The van der Waals surface area contributed by atoms with Gasteiger partial charge in [-0.15, -0.1) is 0 Å². The number of aryl methyl sites for hydroxylation is 2. The van der Waals surface area contributed by atoms with Gasteiger partial charge in [0.2, 0.25) is 5.91 Å². The highest BCUT2D eigenvalue weighted by Gasteiger charge is 2.14. The van der Waals surface area contributed by atoms with Crippen molar-refractivity contribution in [3.05, 3.63) is 11.6 Å². The molecule has 2 rings (SSSR count). The highest BCUT2D eigenvalue weighted by Crippen LogP contribution is 2.12. The third-order valence-corrected chi connectivity index (χ3v) is 2.54. The molecule has 15 heavy (non-hydrogen) atoms. The minimum absolute atomic E-state index is 0.163. The van der Waals surface area contributed by atoms with Gasteiger partial charge in [0, 0.05) is 13.0 Å². The average molecular weight is 209 g/mol. The van der Waals surface area contributed by atoms with Gasteiger partial charge in [0.1, 0.15) is 5.82 Å². The van der Waals surface area contributed by atoms with E-state index in [1.807, 2.05) is 4.68 Å². The highest BCUT2D eigenvalue weighted by molar-refractivity contribution is 5.76. The molecule has 0 saturated heterocycles.